The molecular weight excluding hydrogens is 426 g/mol. The number of aryl methyl sites for hydroxylation is 1. The summed E-state index contributed by atoms with van der Waals surface area (Å²) in [6.07, 6.45) is 12.3. The van der Waals surface area contributed by atoms with Gasteiger partial charge >= 0.3 is 0 Å². The SMILES string of the molecule is COc1cc2c(cc1OC)CC(=O)N(CCCC1CCCN(CCCc3cccnc3)C1)CC2. The average Bonchev–Trinajstić information content (AvgIpc) is 3.02. The van der Waals surface area contributed by atoms with Crippen molar-refractivity contribution in [2.45, 2.75) is 51.4 Å². The third-order valence-electron chi connectivity index (χ3n) is 7.36. The van der Waals surface area contributed by atoms with Crippen molar-refractivity contribution in [3.05, 3.63) is 53.3 Å². The van der Waals surface area contributed by atoms with Gasteiger partial charge in [0.2, 0.25) is 5.91 Å². The number of pyridine rings is 1. The number of benzene rings is 1. The molecule has 0 saturated carbocycles. The van der Waals surface area contributed by atoms with Crippen LogP contribution in [0.3, 0.4) is 0 Å². The van der Waals surface area contributed by atoms with E-state index in [-0.39, 0.29) is 5.91 Å². The number of hydrogen-bond donors (Lipinski definition) is 0. The van der Waals surface area contributed by atoms with E-state index in [9.17, 15) is 4.79 Å². The first kappa shape index (κ1) is 24.5. The first-order valence-electron chi connectivity index (χ1n) is 12.8. The number of rotatable bonds is 10. The third kappa shape index (κ3) is 6.50. The van der Waals surface area contributed by atoms with Crippen molar-refractivity contribution in [2.24, 2.45) is 5.92 Å². The van der Waals surface area contributed by atoms with Crippen molar-refractivity contribution >= 4 is 5.91 Å². The van der Waals surface area contributed by atoms with Crippen LogP contribution in [0, 0.1) is 5.92 Å². The van der Waals surface area contributed by atoms with Gasteiger partial charge in [-0.1, -0.05) is 6.07 Å². The maximum atomic E-state index is 12.9. The monoisotopic (exact) mass is 465 g/mol. The number of carbonyl (C=O) groups is 1. The van der Waals surface area contributed by atoms with Gasteiger partial charge in [-0.25, -0.2) is 0 Å². The summed E-state index contributed by atoms with van der Waals surface area (Å²) in [5.74, 6) is 2.42. The van der Waals surface area contributed by atoms with Crippen molar-refractivity contribution in [3.63, 3.8) is 0 Å². The summed E-state index contributed by atoms with van der Waals surface area (Å²) in [5, 5.41) is 0. The fraction of sp³-hybridized carbons (Fsp3) is 0.571. The van der Waals surface area contributed by atoms with Gasteiger partial charge in [-0.2, -0.15) is 0 Å². The van der Waals surface area contributed by atoms with Crippen LogP contribution in [0.5, 0.6) is 11.5 Å². The molecule has 3 heterocycles. The Bertz CT molecular complexity index is 934. The number of ether oxygens (including phenoxy) is 2. The van der Waals surface area contributed by atoms with Crippen molar-refractivity contribution in [2.75, 3.05) is 46.9 Å². The topological polar surface area (TPSA) is 54.9 Å². The van der Waals surface area contributed by atoms with E-state index in [0.29, 0.717) is 12.2 Å². The fourth-order valence-electron chi connectivity index (χ4n) is 5.47. The molecule has 0 bridgehead atoms. The van der Waals surface area contributed by atoms with E-state index in [1.807, 2.05) is 30.6 Å². The minimum Gasteiger partial charge on any atom is -0.493 e. The van der Waals surface area contributed by atoms with Gasteiger partial charge in [-0.3, -0.25) is 9.78 Å². The first-order chi connectivity index (χ1) is 16.7. The molecule has 4 rings (SSSR count). The number of methoxy groups -OCH3 is 2. The summed E-state index contributed by atoms with van der Waals surface area (Å²) >= 11 is 0. The number of amides is 1. The Kier molecular flexibility index (Phi) is 8.80. The molecule has 1 fully saturated rings. The quantitative estimate of drug-likeness (QED) is 0.528. The number of fused-ring (bicyclic) bond motifs is 1. The molecule has 0 aliphatic carbocycles. The molecule has 2 aromatic rings. The zero-order valence-corrected chi connectivity index (χ0v) is 20.8. The van der Waals surface area contributed by atoms with Gasteiger partial charge < -0.3 is 19.3 Å². The fourth-order valence-corrected chi connectivity index (χ4v) is 5.47. The van der Waals surface area contributed by atoms with Gasteiger partial charge in [0, 0.05) is 32.0 Å². The van der Waals surface area contributed by atoms with Crippen LogP contribution in [0.25, 0.3) is 0 Å². The standard InChI is InChI=1S/C28H39N3O3/c1-33-26-17-24-11-16-31(28(32)19-25(24)18-27(26)34-2)15-6-10-23-9-5-14-30(21-23)13-4-8-22-7-3-12-29-20-22/h3,7,12,17-18,20,23H,4-6,8-11,13-16,19,21H2,1-2H3. The lowest BCUT2D eigenvalue weighted by Gasteiger charge is -2.33. The maximum absolute atomic E-state index is 12.9. The highest BCUT2D eigenvalue weighted by Gasteiger charge is 2.24. The molecule has 34 heavy (non-hydrogen) atoms. The smallest absolute Gasteiger partial charge is 0.227 e. The highest BCUT2D eigenvalue weighted by Crippen LogP contribution is 2.32. The number of likely N-dealkylation sites (tertiary alicyclic amines) is 1. The Balaban J connectivity index is 1.21. The van der Waals surface area contributed by atoms with Gasteiger partial charge in [0.15, 0.2) is 11.5 Å². The number of carbonyl (C=O) groups excluding carboxylic acids is 1. The van der Waals surface area contributed by atoms with E-state index in [1.165, 1.54) is 56.4 Å². The summed E-state index contributed by atoms with van der Waals surface area (Å²) in [6.45, 7) is 5.23. The lowest BCUT2D eigenvalue weighted by molar-refractivity contribution is -0.130. The van der Waals surface area contributed by atoms with Crippen LogP contribution < -0.4 is 9.47 Å². The second-order valence-corrected chi connectivity index (χ2v) is 9.70. The Hall–Kier alpha value is -2.60. The molecule has 6 heteroatoms. The number of nitrogens with zero attached hydrogens (tertiary/aromatic N) is 3. The molecule has 1 atom stereocenters. The number of aromatic nitrogens is 1. The second kappa shape index (κ2) is 12.2. The molecule has 1 aromatic heterocycles. The molecule has 2 aliphatic rings. The largest absolute Gasteiger partial charge is 0.493 e. The molecule has 2 aliphatic heterocycles. The van der Waals surface area contributed by atoms with Crippen molar-refractivity contribution < 1.29 is 14.3 Å². The normalized spacial score (nSPS) is 18.9. The van der Waals surface area contributed by atoms with Crippen LogP contribution in [0.2, 0.25) is 0 Å². The summed E-state index contributed by atoms with van der Waals surface area (Å²) in [4.78, 5) is 21.9. The lowest BCUT2D eigenvalue weighted by Crippen LogP contribution is -2.37. The minimum absolute atomic E-state index is 0.228. The Labute approximate surface area is 204 Å². The first-order valence-corrected chi connectivity index (χ1v) is 12.8. The molecular formula is C28H39N3O3. The van der Waals surface area contributed by atoms with Crippen LogP contribution in [0.1, 0.15) is 48.8 Å². The average molecular weight is 466 g/mol. The Morgan fingerprint density at radius 2 is 1.88 bits per heavy atom. The van der Waals surface area contributed by atoms with Gasteiger partial charge in [-0.15, -0.1) is 0 Å². The van der Waals surface area contributed by atoms with E-state index in [4.69, 9.17) is 9.47 Å². The van der Waals surface area contributed by atoms with Crippen molar-refractivity contribution in [1.82, 2.24) is 14.8 Å². The van der Waals surface area contributed by atoms with Crippen molar-refractivity contribution in [1.29, 1.82) is 0 Å². The summed E-state index contributed by atoms with van der Waals surface area (Å²) in [7, 11) is 3.30. The molecule has 1 saturated heterocycles. The van der Waals surface area contributed by atoms with E-state index >= 15 is 0 Å². The van der Waals surface area contributed by atoms with Gasteiger partial charge in [-0.05, 0) is 98.8 Å². The zero-order valence-electron chi connectivity index (χ0n) is 20.8. The van der Waals surface area contributed by atoms with Crippen LogP contribution in [-0.2, 0) is 24.1 Å². The Morgan fingerprint density at radius 3 is 2.65 bits per heavy atom. The molecule has 0 radical (unpaired) electrons. The highest BCUT2D eigenvalue weighted by atomic mass is 16.5. The van der Waals surface area contributed by atoms with E-state index in [1.54, 1.807) is 14.2 Å². The number of hydrogen-bond acceptors (Lipinski definition) is 5. The molecule has 0 spiro atoms. The van der Waals surface area contributed by atoms with E-state index < -0.39 is 0 Å². The van der Waals surface area contributed by atoms with Crippen LogP contribution in [0.4, 0.5) is 0 Å². The van der Waals surface area contributed by atoms with E-state index in [0.717, 1.165) is 49.6 Å². The number of piperidine rings is 1. The lowest BCUT2D eigenvalue weighted by atomic mass is 9.93. The van der Waals surface area contributed by atoms with Gasteiger partial charge in [0.1, 0.15) is 0 Å². The summed E-state index contributed by atoms with van der Waals surface area (Å²) < 4.78 is 10.9. The second-order valence-electron chi connectivity index (χ2n) is 9.70. The van der Waals surface area contributed by atoms with Gasteiger partial charge in [0.25, 0.3) is 0 Å². The molecule has 1 unspecified atom stereocenters. The van der Waals surface area contributed by atoms with Crippen molar-refractivity contribution in [3.8, 4) is 11.5 Å². The molecule has 6 nitrogen and oxygen atoms in total. The Morgan fingerprint density at radius 1 is 1.06 bits per heavy atom. The maximum Gasteiger partial charge on any atom is 0.227 e. The zero-order chi connectivity index (χ0) is 23.8. The van der Waals surface area contributed by atoms with Crippen LogP contribution in [0.15, 0.2) is 36.7 Å². The van der Waals surface area contributed by atoms with Crippen LogP contribution >= 0.6 is 0 Å². The minimum atomic E-state index is 0.228. The molecule has 1 aromatic carbocycles. The molecule has 1 amide bonds. The summed E-state index contributed by atoms with van der Waals surface area (Å²) in [6, 6.07) is 8.20. The third-order valence-corrected chi connectivity index (χ3v) is 7.36. The van der Waals surface area contributed by atoms with Gasteiger partial charge in [0.05, 0.1) is 20.6 Å². The van der Waals surface area contributed by atoms with Crippen LogP contribution in [-0.4, -0.2) is 67.6 Å². The summed E-state index contributed by atoms with van der Waals surface area (Å²) in [5.41, 5.74) is 3.60. The van der Waals surface area contributed by atoms with E-state index in [2.05, 4.69) is 20.9 Å². The predicted molar refractivity (Wildman–Crippen MR) is 134 cm³/mol. The molecule has 184 valence electrons. The highest BCUT2D eigenvalue weighted by molar-refractivity contribution is 5.80. The predicted octanol–water partition coefficient (Wildman–Crippen LogP) is 4.15. The molecule has 0 N–H and O–H groups in total.